The van der Waals surface area contributed by atoms with Crippen molar-refractivity contribution in [3.63, 3.8) is 0 Å². The van der Waals surface area contributed by atoms with Crippen LogP contribution in [-0.4, -0.2) is 13.1 Å². The number of nitrogens with zero attached hydrogens (tertiary/aromatic N) is 1. The second-order valence-electron chi connectivity index (χ2n) is 5.10. The molecule has 0 atom stereocenters. The second-order valence-corrected chi connectivity index (χ2v) is 5.10. The molecule has 1 nitrogen and oxygen atoms in total. The van der Waals surface area contributed by atoms with E-state index in [1.165, 1.54) is 55.6 Å². The van der Waals surface area contributed by atoms with Gasteiger partial charge in [-0.15, -0.1) is 0 Å². The fraction of sp³-hybridized carbons (Fsp3) is 0.556. The molecule has 0 aliphatic carbocycles. The largest absolute Gasteiger partial charge is 0.371 e. The first-order valence-electron chi connectivity index (χ1n) is 7.77. The van der Waals surface area contributed by atoms with Gasteiger partial charge in [0, 0.05) is 18.8 Å². The maximum Gasteiger partial charge on any atom is 0.0404 e. The lowest BCUT2D eigenvalue weighted by Gasteiger charge is -2.28. The lowest BCUT2D eigenvalue weighted by molar-refractivity contribution is 0.675. The van der Waals surface area contributed by atoms with Crippen molar-refractivity contribution in [1.82, 2.24) is 0 Å². The SMILES string of the molecule is C=Cc1cccc(N(CCCC)CCCC)c1CC. The summed E-state index contributed by atoms with van der Waals surface area (Å²) in [6.07, 6.45) is 8.11. The van der Waals surface area contributed by atoms with Gasteiger partial charge in [-0.3, -0.25) is 0 Å². The predicted molar refractivity (Wildman–Crippen MR) is 87.9 cm³/mol. The number of benzene rings is 1. The third kappa shape index (κ3) is 4.41. The molecule has 0 unspecified atom stereocenters. The van der Waals surface area contributed by atoms with Crippen molar-refractivity contribution in [2.24, 2.45) is 0 Å². The van der Waals surface area contributed by atoms with Gasteiger partial charge in [0.1, 0.15) is 0 Å². The van der Waals surface area contributed by atoms with E-state index in [0.29, 0.717) is 0 Å². The van der Waals surface area contributed by atoms with Crippen LogP contribution in [0.5, 0.6) is 0 Å². The van der Waals surface area contributed by atoms with Crippen LogP contribution in [0.1, 0.15) is 57.6 Å². The van der Waals surface area contributed by atoms with Crippen molar-refractivity contribution in [2.45, 2.75) is 52.9 Å². The molecule has 0 radical (unpaired) electrons. The van der Waals surface area contributed by atoms with Gasteiger partial charge in [-0.25, -0.2) is 0 Å². The lowest BCUT2D eigenvalue weighted by Crippen LogP contribution is -2.26. The molecule has 1 aromatic rings. The minimum Gasteiger partial charge on any atom is -0.371 e. The molecular weight excluding hydrogens is 230 g/mol. The van der Waals surface area contributed by atoms with E-state index in [4.69, 9.17) is 0 Å². The lowest BCUT2D eigenvalue weighted by atomic mass is 10.0. The third-order valence-electron chi connectivity index (χ3n) is 3.66. The number of unbranched alkanes of at least 4 members (excludes halogenated alkanes) is 2. The van der Waals surface area contributed by atoms with Gasteiger partial charge in [-0.05, 0) is 36.5 Å². The Morgan fingerprint density at radius 1 is 1.05 bits per heavy atom. The van der Waals surface area contributed by atoms with E-state index >= 15 is 0 Å². The Kier molecular flexibility index (Phi) is 7.32. The second kappa shape index (κ2) is 8.79. The smallest absolute Gasteiger partial charge is 0.0404 e. The summed E-state index contributed by atoms with van der Waals surface area (Å²) in [5.41, 5.74) is 4.16. The molecule has 0 spiro atoms. The maximum absolute atomic E-state index is 3.95. The van der Waals surface area contributed by atoms with Crippen LogP contribution < -0.4 is 4.90 Å². The van der Waals surface area contributed by atoms with Crippen molar-refractivity contribution in [3.05, 3.63) is 35.9 Å². The van der Waals surface area contributed by atoms with Gasteiger partial charge in [0.25, 0.3) is 0 Å². The fourth-order valence-corrected chi connectivity index (χ4v) is 2.52. The standard InChI is InChI=1S/C18H29N/c1-5-9-14-19(15-10-6-2)18-13-11-12-16(7-3)17(18)8-4/h7,11-13H,3,5-6,8-10,14-15H2,1-2,4H3. The minimum absolute atomic E-state index is 1.08. The van der Waals surface area contributed by atoms with Crippen molar-refractivity contribution >= 4 is 11.8 Å². The summed E-state index contributed by atoms with van der Waals surface area (Å²) >= 11 is 0. The molecule has 0 N–H and O–H groups in total. The van der Waals surface area contributed by atoms with E-state index in [1.54, 1.807) is 0 Å². The highest BCUT2D eigenvalue weighted by atomic mass is 15.1. The summed E-state index contributed by atoms with van der Waals surface area (Å²) in [7, 11) is 0. The highest BCUT2D eigenvalue weighted by molar-refractivity contribution is 5.64. The van der Waals surface area contributed by atoms with Crippen molar-refractivity contribution in [1.29, 1.82) is 0 Å². The average molecular weight is 259 g/mol. The molecule has 0 aliphatic rings. The van der Waals surface area contributed by atoms with Gasteiger partial charge < -0.3 is 4.90 Å². The van der Waals surface area contributed by atoms with E-state index < -0.39 is 0 Å². The Morgan fingerprint density at radius 3 is 2.16 bits per heavy atom. The number of anilines is 1. The van der Waals surface area contributed by atoms with Crippen LogP contribution in [0, 0.1) is 0 Å². The first-order chi connectivity index (χ1) is 9.28. The average Bonchev–Trinajstić information content (AvgIpc) is 2.46. The molecule has 0 aromatic heterocycles. The fourth-order valence-electron chi connectivity index (χ4n) is 2.52. The van der Waals surface area contributed by atoms with E-state index in [1.807, 2.05) is 6.08 Å². The number of hydrogen-bond donors (Lipinski definition) is 0. The van der Waals surface area contributed by atoms with Gasteiger partial charge in [0.05, 0.1) is 0 Å². The summed E-state index contributed by atoms with van der Waals surface area (Å²) in [6.45, 7) is 13.1. The van der Waals surface area contributed by atoms with E-state index in [2.05, 4.69) is 50.4 Å². The summed E-state index contributed by atoms with van der Waals surface area (Å²) in [4.78, 5) is 2.57. The number of rotatable bonds is 9. The molecule has 0 bridgehead atoms. The summed E-state index contributed by atoms with van der Waals surface area (Å²) in [6, 6.07) is 6.61. The van der Waals surface area contributed by atoms with Crippen LogP contribution in [-0.2, 0) is 6.42 Å². The summed E-state index contributed by atoms with van der Waals surface area (Å²) in [5, 5.41) is 0. The first-order valence-corrected chi connectivity index (χ1v) is 7.77. The summed E-state index contributed by atoms with van der Waals surface area (Å²) < 4.78 is 0. The monoisotopic (exact) mass is 259 g/mol. The normalized spacial score (nSPS) is 10.5. The van der Waals surface area contributed by atoms with Crippen molar-refractivity contribution < 1.29 is 0 Å². The quantitative estimate of drug-likeness (QED) is 0.582. The molecule has 19 heavy (non-hydrogen) atoms. The van der Waals surface area contributed by atoms with Gasteiger partial charge in [-0.2, -0.15) is 0 Å². The van der Waals surface area contributed by atoms with E-state index in [9.17, 15) is 0 Å². The molecular formula is C18H29N. The van der Waals surface area contributed by atoms with Crippen LogP contribution in [0.2, 0.25) is 0 Å². The maximum atomic E-state index is 3.95. The zero-order valence-electron chi connectivity index (χ0n) is 12.9. The van der Waals surface area contributed by atoms with Gasteiger partial charge >= 0.3 is 0 Å². The topological polar surface area (TPSA) is 3.24 Å². The predicted octanol–water partition coefficient (Wildman–Crippen LogP) is 5.30. The molecule has 1 aromatic carbocycles. The zero-order chi connectivity index (χ0) is 14.1. The van der Waals surface area contributed by atoms with Crippen LogP contribution in [0.25, 0.3) is 6.08 Å². The van der Waals surface area contributed by atoms with Crippen molar-refractivity contribution in [2.75, 3.05) is 18.0 Å². The van der Waals surface area contributed by atoms with Crippen LogP contribution in [0.15, 0.2) is 24.8 Å². The summed E-state index contributed by atoms with van der Waals surface area (Å²) in [5.74, 6) is 0. The Morgan fingerprint density at radius 2 is 1.68 bits per heavy atom. The highest BCUT2D eigenvalue weighted by Gasteiger charge is 2.11. The number of hydrogen-bond acceptors (Lipinski definition) is 1. The third-order valence-corrected chi connectivity index (χ3v) is 3.66. The Hall–Kier alpha value is -1.24. The molecule has 0 fully saturated rings. The van der Waals surface area contributed by atoms with Crippen LogP contribution >= 0.6 is 0 Å². The van der Waals surface area contributed by atoms with E-state index in [-0.39, 0.29) is 0 Å². The first kappa shape index (κ1) is 15.8. The minimum atomic E-state index is 1.08. The molecule has 0 amide bonds. The Balaban J connectivity index is 3.01. The van der Waals surface area contributed by atoms with Crippen LogP contribution in [0.3, 0.4) is 0 Å². The molecule has 0 heterocycles. The molecule has 106 valence electrons. The molecule has 1 rings (SSSR count). The van der Waals surface area contributed by atoms with E-state index in [0.717, 1.165) is 6.42 Å². The van der Waals surface area contributed by atoms with Gasteiger partial charge in [-0.1, -0.05) is 58.4 Å². The van der Waals surface area contributed by atoms with Crippen LogP contribution in [0.4, 0.5) is 5.69 Å². The van der Waals surface area contributed by atoms with Crippen molar-refractivity contribution in [3.8, 4) is 0 Å². The Labute approximate surface area is 119 Å². The molecule has 0 aliphatic heterocycles. The zero-order valence-corrected chi connectivity index (χ0v) is 12.9. The van der Waals surface area contributed by atoms with Gasteiger partial charge in [0.15, 0.2) is 0 Å². The molecule has 0 saturated carbocycles. The molecule has 1 heteroatoms. The molecule has 0 saturated heterocycles. The van der Waals surface area contributed by atoms with Gasteiger partial charge in [0.2, 0.25) is 0 Å². The highest BCUT2D eigenvalue weighted by Crippen LogP contribution is 2.26. The Bertz CT molecular complexity index is 373.